The molecule has 170 valence electrons. The number of hydrogen-bond donors (Lipinski definition) is 1. The molecule has 33 heavy (non-hydrogen) atoms. The van der Waals surface area contributed by atoms with E-state index < -0.39 is 43.8 Å². The zero-order chi connectivity index (χ0) is 24.0. The van der Waals surface area contributed by atoms with Gasteiger partial charge in [-0.15, -0.1) is 0 Å². The number of nitro groups is 1. The van der Waals surface area contributed by atoms with Crippen LogP contribution < -0.4 is 9.73 Å². The molecule has 0 heterocycles. The van der Waals surface area contributed by atoms with Gasteiger partial charge in [-0.05, 0) is 42.8 Å². The molecule has 0 fully saturated rings. The zero-order valence-electron chi connectivity index (χ0n) is 17.4. The second kappa shape index (κ2) is 10.0. The third-order valence-corrected chi connectivity index (χ3v) is 6.39. The molecule has 11 heteroatoms. The van der Waals surface area contributed by atoms with E-state index in [0.717, 1.165) is 16.4 Å². The zero-order valence-corrected chi connectivity index (χ0v) is 18.2. The van der Waals surface area contributed by atoms with Crippen LogP contribution in [-0.4, -0.2) is 31.5 Å². The highest BCUT2D eigenvalue weighted by Crippen LogP contribution is 2.29. The SMILES string of the molecule is C/C(=N\NC(=O)CN(c1ccccc1)S(=O)(=O)c1ccccc1[N+](=O)[O-])c1ccc(F)cc1. The molecule has 1 amide bonds. The topological polar surface area (TPSA) is 122 Å². The van der Waals surface area contributed by atoms with Gasteiger partial charge in [-0.1, -0.05) is 42.5 Å². The average Bonchev–Trinajstić information content (AvgIpc) is 2.81. The van der Waals surface area contributed by atoms with Crippen LogP contribution in [0.3, 0.4) is 0 Å². The van der Waals surface area contributed by atoms with Crippen molar-refractivity contribution >= 4 is 33.0 Å². The van der Waals surface area contributed by atoms with Crippen molar-refractivity contribution in [1.82, 2.24) is 5.43 Å². The van der Waals surface area contributed by atoms with Crippen molar-refractivity contribution in [2.75, 3.05) is 10.8 Å². The van der Waals surface area contributed by atoms with Gasteiger partial charge in [0.25, 0.3) is 21.6 Å². The van der Waals surface area contributed by atoms with Crippen molar-refractivity contribution in [3.8, 4) is 0 Å². The summed E-state index contributed by atoms with van der Waals surface area (Å²) in [5.74, 6) is -1.20. The minimum absolute atomic E-state index is 0.144. The number of amides is 1. The first-order valence-electron chi connectivity index (χ1n) is 9.60. The molecule has 9 nitrogen and oxygen atoms in total. The number of halogens is 1. The summed E-state index contributed by atoms with van der Waals surface area (Å²) in [6.45, 7) is 0.908. The first-order chi connectivity index (χ1) is 15.7. The number of hydrazone groups is 1. The minimum Gasteiger partial charge on any atom is -0.271 e. The largest absolute Gasteiger partial charge is 0.289 e. The summed E-state index contributed by atoms with van der Waals surface area (Å²) in [5, 5.41) is 15.3. The maximum atomic E-state index is 13.4. The fourth-order valence-electron chi connectivity index (χ4n) is 2.92. The van der Waals surface area contributed by atoms with Gasteiger partial charge in [-0.3, -0.25) is 19.2 Å². The number of rotatable bonds is 8. The second-order valence-corrected chi connectivity index (χ2v) is 8.64. The predicted molar refractivity (Wildman–Crippen MR) is 121 cm³/mol. The third-order valence-electron chi connectivity index (χ3n) is 4.57. The Bertz CT molecular complexity index is 1300. The minimum atomic E-state index is -4.48. The number of carbonyl (C=O) groups excluding carboxylic acids is 1. The van der Waals surface area contributed by atoms with Crippen LogP contribution in [0.1, 0.15) is 12.5 Å². The number of benzene rings is 3. The van der Waals surface area contributed by atoms with Crippen molar-refractivity contribution < 1.29 is 22.5 Å². The Kier molecular flexibility index (Phi) is 7.13. The Morgan fingerprint density at radius 1 is 1.03 bits per heavy atom. The lowest BCUT2D eigenvalue weighted by atomic mass is 10.1. The first kappa shape index (κ1) is 23.5. The van der Waals surface area contributed by atoms with E-state index in [2.05, 4.69) is 10.5 Å². The van der Waals surface area contributed by atoms with Gasteiger partial charge in [-0.25, -0.2) is 18.2 Å². The summed E-state index contributed by atoms with van der Waals surface area (Å²) in [6, 6.07) is 18.1. The van der Waals surface area contributed by atoms with Crippen molar-refractivity contribution in [2.45, 2.75) is 11.8 Å². The van der Waals surface area contributed by atoms with Crippen LogP contribution in [0.5, 0.6) is 0 Å². The standard InChI is InChI=1S/C22H19FN4O5S/c1-16(17-11-13-18(23)14-12-17)24-25-22(28)15-26(19-7-3-2-4-8-19)33(31,32)21-10-6-5-9-20(21)27(29)30/h2-14H,15H2,1H3,(H,25,28)/b24-16+. The van der Waals surface area contributed by atoms with Crippen molar-refractivity contribution in [1.29, 1.82) is 0 Å². The Morgan fingerprint density at radius 2 is 1.64 bits per heavy atom. The van der Waals surface area contributed by atoms with E-state index in [9.17, 15) is 27.7 Å². The van der Waals surface area contributed by atoms with Gasteiger partial charge in [0.1, 0.15) is 12.4 Å². The molecule has 0 bridgehead atoms. The fourth-order valence-corrected chi connectivity index (χ4v) is 4.50. The van der Waals surface area contributed by atoms with Crippen LogP contribution in [-0.2, 0) is 14.8 Å². The molecule has 3 aromatic rings. The lowest BCUT2D eigenvalue weighted by Crippen LogP contribution is -2.40. The average molecular weight is 470 g/mol. The van der Waals surface area contributed by atoms with Crippen LogP contribution in [0, 0.1) is 15.9 Å². The van der Waals surface area contributed by atoms with Gasteiger partial charge >= 0.3 is 0 Å². The highest BCUT2D eigenvalue weighted by Gasteiger charge is 2.33. The molecular weight excluding hydrogens is 451 g/mol. The summed E-state index contributed by atoms with van der Waals surface area (Å²) in [4.78, 5) is 22.6. The Labute approximate surface area is 189 Å². The molecule has 0 aliphatic carbocycles. The Balaban J connectivity index is 1.91. The number of sulfonamides is 1. The fraction of sp³-hybridized carbons (Fsp3) is 0.0909. The van der Waals surface area contributed by atoms with E-state index in [4.69, 9.17) is 0 Å². The monoisotopic (exact) mass is 470 g/mol. The van der Waals surface area contributed by atoms with E-state index in [1.54, 1.807) is 25.1 Å². The van der Waals surface area contributed by atoms with Crippen molar-refractivity contribution in [2.24, 2.45) is 5.10 Å². The lowest BCUT2D eigenvalue weighted by Gasteiger charge is -2.23. The van der Waals surface area contributed by atoms with Crippen LogP contribution in [0.2, 0.25) is 0 Å². The number of hydrogen-bond acceptors (Lipinski definition) is 6. The van der Waals surface area contributed by atoms with E-state index in [-0.39, 0.29) is 5.69 Å². The van der Waals surface area contributed by atoms with Gasteiger partial charge < -0.3 is 0 Å². The number of para-hydroxylation sites is 2. The molecule has 0 aliphatic rings. The maximum absolute atomic E-state index is 13.4. The van der Waals surface area contributed by atoms with E-state index in [0.29, 0.717) is 11.3 Å². The van der Waals surface area contributed by atoms with Gasteiger partial charge in [-0.2, -0.15) is 5.10 Å². The first-order valence-corrected chi connectivity index (χ1v) is 11.0. The molecule has 0 atom stereocenters. The Morgan fingerprint density at radius 3 is 2.27 bits per heavy atom. The number of anilines is 1. The molecule has 0 spiro atoms. The van der Waals surface area contributed by atoms with Crippen LogP contribution in [0.15, 0.2) is 88.9 Å². The summed E-state index contributed by atoms with van der Waals surface area (Å²) in [5.41, 5.74) is 2.74. The number of nitrogens with zero attached hydrogens (tertiary/aromatic N) is 3. The van der Waals surface area contributed by atoms with Crippen molar-refractivity contribution in [3.63, 3.8) is 0 Å². The highest BCUT2D eigenvalue weighted by molar-refractivity contribution is 7.93. The van der Waals surface area contributed by atoms with Gasteiger partial charge in [0.2, 0.25) is 0 Å². The van der Waals surface area contributed by atoms with E-state index in [1.807, 2.05) is 0 Å². The van der Waals surface area contributed by atoms with Crippen LogP contribution in [0.4, 0.5) is 15.8 Å². The number of nitro benzene ring substituents is 1. The maximum Gasteiger partial charge on any atom is 0.289 e. The molecule has 0 aromatic heterocycles. The van der Waals surface area contributed by atoms with Gasteiger partial charge in [0.05, 0.1) is 16.3 Å². The van der Waals surface area contributed by atoms with Crippen LogP contribution in [0.25, 0.3) is 0 Å². The van der Waals surface area contributed by atoms with E-state index >= 15 is 0 Å². The molecule has 3 aromatic carbocycles. The van der Waals surface area contributed by atoms with E-state index in [1.165, 1.54) is 48.5 Å². The third kappa shape index (κ3) is 5.57. The molecular formula is C22H19FN4O5S. The Hall–Kier alpha value is -4.12. The summed E-state index contributed by atoms with van der Waals surface area (Å²) in [6.07, 6.45) is 0. The second-order valence-electron chi connectivity index (χ2n) is 6.81. The van der Waals surface area contributed by atoms with Crippen LogP contribution >= 0.6 is 0 Å². The summed E-state index contributed by atoms with van der Waals surface area (Å²) < 4.78 is 40.6. The smallest absolute Gasteiger partial charge is 0.271 e. The molecule has 0 unspecified atom stereocenters. The molecule has 1 N–H and O–H groups in total. The summed E-state index contributed by atoms with van der Waals surface area (Å²) >= 11 is 0. The lowest BCUT2D eigenvalue weighted by molar-refractivity contribution is -0.387. The molecule has 0 saturated heterocycles. The highest BCUT2D eigenvalue weighted by atomic mass is 32.2. The number of carbonyl (C=O) groups is 1. The molecule has 3 rings (SSSR count). The normalized spacial score (nSPS) is 11.6. The molecule has 0 saturated carbocycles. The molecule has 0 radical (unpaired) electrons. The van der Waals surface area contributed by atoms with Gasteiger partial charge in [0, 0.05) is 6.07 Å². The molecule has 0 aliphatic heterocycles. The number of nitrogens with one attached hydrogen (secondary N) is 1. The van der Waals surface area contributed by atoms with Crippen molar-refractivity contribution in [3.05, 3.63) is 100 Å². The quantitative estimate of drug-likeness (QED) is 0.307. The summed E-state index contributed by atoms with van der Waals surface area (Å²) in [7, 11) is -4.48. The predicted octanol–water partition coefficient (Wildman–Crippen LogP) is 3.47. The van der Waals surface area contributed by atoms with Gasteiger partial charge in [0.15, 0.2) is 4.90 Å².